The highest BCUT2D eigenvalue weighted by atomic mass is 16.2. The minimum Gasteiger partial charge on any atom is -0.350 e. The predicted octanol–water partition coefficient (Wildman–Crippen LogP) is 2.16. The van der Waals surface area contributed by atoms with E-state index < -0.39 is 12.1 Å². The van der Waals surface area contributed by atoms with E-state index in [0.29, 0.717) is 19.4 Å². The first-order valence-electron chi connectivity index (χ1n) is 9.01. The first-order valence-corrected chi connectivity index (χ1v) is 9.01. The molecule has 27 heavy (non-hydrogen) atoms. The molecule has 2 aromatic carbocycles. The summed E-state index contributed by atoms with van der Waals surface area (Å²) in [5.41, 5.74) is 3.21. The second-order valence-electron chi connectivity index (χ2n) is 6.71. The second kappa shape index (κ2) is 8.49. The van der Waals surface area contributed by atoms with Gasteiger partial charge in [-0.05, 0) is 30.9 Å². The number of hydrogen-bond acceptors (Lipinski definition) is 3. The molecule has 140 valence electrons. The highest BCUT2D eigenvalue weighted by Crippen LogP contribution is 2.13. The number of benzene rings is 2. The Morgan fingerprint density at radius 2 is 1.74 bits per heavy atom. The van der Waals surface area contributed by atoms with E-state index in [9.17, 15) is 14.4 Å². The highest BCUT2D eigenvalue weighted by molar-refractivity contribution is 6.06. The Balaban J connectivity index is 1.49. The second-order valence-corrected chi connectivity index (χ2v) is 6.71. The van der Waals surface area contributed by atoms with Gasteiger partial charge in [-0.3, -0.25) is 14.5 Å². The summed E-state index contributed by atoms with van der Waals surface area (Å²) in [4.78, 5) is 37.6. The molecule has 6 nitrogen and oxygen atoms in total. The third-order valence-corrected chi connectivity index (χ3v) is 4.58. The van der Waals surface area contributed by atoms with Crippen LogP contribution < -0.4 is 10.6 Å². The van der Waals surface area contributed by atoms with E-state index in [1.165, 1.54) is 0 Å². The molecular weight excluding hydrogens is 342 g/mol. The molecule has 1 saturated heterocycles. The van der Waals surface area contributed by atoms with Crippen molar-refractivity contribution in [1.82, 2.24) is 15.5 Å². The molecule has 2 N–H and O–H groups in total. The molecule has 1 heterocycles. The van der Waals surface area contributed by atoms with Gasteiger partial charge < -0.3 is 10.6 Å². The van der Waals surface area contributed by atoms with Crippen LogP contribution in [0, 0.1) is 6.92 Å². The van der Waals surface area contributed by atoms with Crippen LogP contribution in [0.3, 0.4) is 0 Å². The van der Waals surface area contributed by atoms with Crippen molar-refractivity contribution in [1.29, 1.82) is 0 Å². The Morgan fingerprint density at radius 1 is 1.04 bits per heavy atom. The van der Waals surface area contributed by atoms with Crippen LogP contribution in [-0.4, -0.2) is 35.3 Å². The van der Waals surface area contributed by atoms with Crippen molar-refractivity contribution in [3.8, 4) is 0 Å². The number of carbonyl (C=O) groups is 3. The van der Waals surface area contributed by atoms with Crippen molar-refractivity contribution in [2.24, 2.45) is 0 Å². The van der Waals surface area contributed by atoms with Crippen molar-refractivity contribution in [3.63, 3.8) is 0 Å². The van der Waals surface area contributed by atoms with E-state index in [2.05, 4.69) is 10.6 Å². The highest BCUT2D eigenvalue weighted by Gasteiger charge is 2.38. The van der Waals surface area contributed by atoms with Gasteiger partial charge in [-0.25, -0.2) is 4.79 Å². The summed E-state index contributed by atoms with van der Waals surface area (Å²) < 4.78 is 0. The van der Waals surface area contributed by atoms with Gasteiger partial charge in [0.2, 0.25) is 5.91 Å². The molecule has 1 atom stereocenters. The molecular formula is C21H23N3O3. The molecule has 1 fully saturated rings. The van der Waals surface area contributed by atoms with Gasteiger partial charge in [-0.1, -0.05) is 60.2 Å². The van der Waals surface area contributed by atoms with Crippen molar-refractivity contribution in [3.05, 3.63) is 71.3 Å². The molecule has 2 aromatic rings. The monoisotopic (exact) mass is 365 g/mol. The summed E-state index contributed by atoms with van der Waals surface area (Å²) in [5, 5.41) is 5.41. The molecule has 1 aliphatic heterocycles. The van der Waals surface area contributed by atoms with E-state index in [0.717, 1.165) is 21.6 Å². The van der Waals surface area contributed by atoms with Gasteiger partial charge in [0.05, 0.1) is 0 Å². The fourth-order valence-corrected chi connectivity index (χ4v) is 2.98. The minimum absolute atomic E-state index is 0.266. The molecule has 0 aromatic heterocycles. The number of aryl methyl sites for hydroxylation is 2. The number of hydrogen-bond donors (Lipinski definition) is 2. The molecule has 6 heteroatoms. The van der Waals surface area contributed by atoms with Gasteiger partial charge in [0.15, 0.2) is 0 Å². The van der Waals surface area contributed by atoms with Crippen molar-refractivity contribution in [2.45, 2.75) is 32.4 Å². The number of nitrogens with zero attached hydrogens (tertiary/aromatic N) is 1. The maximum Gasteiger partial charge on any atom is 0.325 e. The predicted molar refractivity (Wildman–Crippen MR) is 102 cm³/mol. The summed E-state index contributed by atoms with van der Waals surface area (Å²) in [6, 6.07) is 16.5. The number of amides is 4. The average molecular weight is 365 g/mol. The maximum absolute atomic E-state index is 12.4. The van der Waals surface area contributed by atoms with Crippen LogP contribution in [0.1, 0.15) is 23.1 Å². The summed E-state index contributed by atoms with van der Waals surface area (Å²) in [6.07, 6.45) is 1.20. The molecule has 0 saturated carbocycles. The van der Waals surface area contributed by atoms with Crippen LogP contribution >= 0.6 is 0 Å². The lowest BCUT2D eigenvalue weighted by Crippen LogP contribution is -2.41. The van der Waals surface area contributed by atoms with E-state index >= 15 is 0 Å². The quantitative estimate of drug-likeness (QED) is 0.738. The Morgan fingerprint density at radius 3 is 2.44 bits per heavy atom. The molecule has 3 rings (SSSR count). The molecule has 4 amide bonds. The Labute approximate surface area is 158 Å². The normalized spacial score (nSPS) is 16.3. The minimum atomic E-state index is -0.581. The lowest BCUT2D eigenvalue weighted by molar-refractivity contribution is -0.132. The van der Waals surface area contributed by atoms with Crippen LogP contribution in [0.25, 0.3) is 0 Å². The number of rotatable bonds is 7. The van der Waals surface area contributed by atoms with Gasteiger partial charge in [0.25, 0.3) is 5.91 Å². The van der Waals surface area contributed by atoms with E-state index in [-0.39, 0.29) is 18.4 Å². The fourth-order valence-electron chi connectivity index (χ4n) is 2.98. The van der Waals surface area contributed by atoms with E-state index in [1.54, 1.807) is 0 Å². The molecule has 1 aliphatic rings. The molecule has 0 spiro atoms. The Bertz CT molecular complexity index is 818. The van der Waals surface area contributed by atoms with Gasteiger partial charge >= 0.3 is 6.03 Å². The largest absolute Gasteiger partial charge is 0.350 e. The van der Waals surface area contributed by atoms with Crippen LogP contribution in [0.5, 0.6) is 0 Å². The molecule has 0 bridgehead atoms. The zero-order chi connectivity index (χ0) is 19.2. The first kappa shape index (κ1) is 18.6. The summed E-state index contributed by atoms with van der Waals surface area (Å²) in [5.74, 6) is -0.704. The summed E-state index contributed by atoms with van der Waals surface area (Å²) in [6.45, 7) is 2.09. The van der Waals surface area contributed by atoms with Crippen LogP contribution in [0.15, 0.2) is 54.6 Å². The Kier molecular flexibility index (Phi) is 5.86. The third-order valence-electron chi connectivity index (χ3n) is 4.58. The summed E-state index contributed by atoms with van der Waals surface area (Å²) >= 11 is 0. The molecule has 0 aliphatic carbocycles. The first-order chi connectivity index (χ1) is 13.0. The molecule has 0 radical (unpaired) electrons. The van der Waals surface area contributed by atoms with Crippen molar-refractivity contribution in [2.75, 3.05) is 6.54 Å². The molecule has 0 unspecified atom stereocenters. The smallest absolute Gasteiger partial charge is 0.325 e. The van der Waals surface area contributed by atoms with Crippen LogP contribution in [0.4, 0.5) is 4.79 Å². The lowest BCUT2D eigenvalue weighted by Gasteiger charge is -2.13. The number of carbonyl (C=O) groups excluding carboxylic acids is 3. The van der Waals surface area contributed by atoms with Crippen molar-refractivity contribution < 1.29 is 14.4 Å². The van der Waals surface area contributed by atoms with Crippen LogP contribution in [0.2, 0.25) is 0 Å². The Hall–Kier alpha value is -3.15. The topological polar surface area (TPSA) is 78.5 Å². The number of imide groups is 1. The van der Waals surface area contributed by atoms with Crippen LogP contribution in [-0.2, 0) is 22.6 Å². The third kappa shape index (κ3) is 4.94. The zero-order valence-corrected chi connectivity index (χ0v) is 15.3. The van der Waals surface area contributed by atoms with E-state index in [4.69, 9.17) is 0 Å². The SMILES string of the molecule is Cc1ccc(CNC(=O)CN2C(=O)N[C@@H](CCc3ccccc3)C2=O)cc1. The fraction of sp³-hybridized carbons (Fsp3) is 0.286. The van der Waals surface area contributed by atoms with Gasteiger partial charge in [-0.2, -0.15) is 0 Å². The van der Waals surface area contributed by atoms with Gasteiger partial charge in [0, 0.05) is 6.54 Å². The van der Waals surface area contributed by atoms with Gasteiger partial charge in [0.1, 0.15) is 12.6 Å². The van der Waals surface area contributed by atoms with E-state index in [1.807, 2.05) is 61.5 Å². The van der Waals surface area contributed by atoms with Crippen molar-refractivity contribution >= 4 is 17.8 Å². The average Bonchev–Trinajstić information content (AvgIpc) is 2.94. The number of urea groups is 1. The standard InChI is InChI=1S/C21H23N3O3/c1-15-7-9-17(10-8-15)13-22-19(25)14-24-20(26)18(23-21(24)27)12-11-16-5-3-2-4-6-16/h2-10,18H,11-14H2,1H3,(H,22,25)(H,23,27)/t18-/m0/s1. The maximum atomic E-state index is 12.4. The summed E-state index contributed by atoms with van der Waals surface area (Å²) in [7, 11) is 0. The number of nitrogens with one attached hydrogen (secondary N) is 2. The zero-order valence-electron chi connectivity index (χ0n) is 15.3. The van der Waals surface area contributed by atoms with Gasteiger partial charge in [-0.15, -0.1) is 0 Å². The lowest BCUT2D eigenvalue weighted by atomic mass is 10.1.